The fourth-order valence-electron chi connectivity index (χ4n) is 3.23. The summed E-state index contributed by atoms with van der Waals surface area (Å²) in [5.74, 6) is -0.207. The SMILES string of the molecule is CCNc1nn2c(-c3ccccc3)cc(=O)[nH]c2c1C(=O)Nc1ccc([N+](=O)[O-])cc1. The molecule has 0 bridgehead atoms. The van der Waals surface area contributed by atoms with E-state index < -0.39 is 10.8 Å². The van der Waals surface area contributed by atoms with Gasteiger partial charge in [0, 0.05) is 36.0 Å². The Morgan fingerprint density at radius 3 is 2.52 bits per heavy atom. The van der Waals surface area contributed by atoms with Crippen molar-refractivity contribution in [1.29, 1.82) is 0 Å². The van der Waals surface area contributed by atoms with Gasteiger partial charge in [0.05, 0.1) is 10.6 Å². The number of non-ortho nitro benzene ring substituents is 1. The second-order valence-corrected chi connectivity index (χ2v) is 6.66. The number of nitro groups is 1. The average molecular weight is 418 g/mol. The Labute approximate surface area is 175 Å². The van der Waals surface area contributed by atoms with Crippen molar-refractivity contribution in [2.75, 3.05) is 17.2 Å². The van der Waals surface area contributed by atoms with Crippen molar-refractivity contribution in [3.63, 3.8) is 0 Å². The van der Waals surface area contributed by atoms with Gasteiger partial charge >= 0.3 is 0 Å². The van der Waals surface area contributed by atoms with E-state index in [4.69, 9.17) is 0 Å². The van der Waals surface area contributed by atoms with Crippen LogP contribution in [0, 0.1) is 10.1 Å². The minimum Gasteiger partial charge on any atom is -0.368 e. The topological polar surface area (TPSA) is 134 Å². The first-order valence-electron chi connectivity index (χ1n) is 9.49. The Kier molecular flexibility index (Phi) is 5.19. The molecule has 2 heterocycles. The van der Waals surface area contributed by atoms with E-state index in [1.54, 1.807) is 0 Å². The van der Waals surface area contributed by atoms with Crippen molar-refractivity contribution in [3.05, 3.63) is 86.7 Å². The molecule has 0 aliphatic rings. The summed E-state index contributed by atoms with van der Waals surface area (Å²) < 4.78 is 1.51. The van der Waals surface area contributed by atoms with Gasteiger partial charge in [-0.25, -0.2) is 4.52 Å². The molecule has 0 atom stereocenters. The quantitative estimate of drug-likeness (QED) is 0.325. The summed E-state index contributed by atoms with van der Waals surface area (Å²) in [6, 6.07) is 16.1. The molecular formula is C21H18N6O4. The van der Waals surface area contributed by atoms with E-state index in [1.165, 1.54) is 34.8 Å². The molecule has 3 N–H and O–H groups in total. The number of aromatic amines is 1. The number of nitro benzene ring substituents is 1. The van der Waals surface area contributed by atoms with Crippen LogP contribution >= 0.6 is 0 Å². The first-order valence-corrected chi connectivity index (χ1v) is 9.49. The lowest BCUT2D eigenvalue weighted by Crippen LogP contribution is -2.16. The fraction of sp³-hybridized carbons (Fsp3) is 0.0952. The highest BCUT2D eigenvalue weighted by molar-refractivity contribution is 6.12. The Hall–Kier alpha value is -4.47. The predicted octanol–water partition coefficient (Wildman–Crippen LogP) is 3.28. The molecule has 0 saturated heterocycles. The molecule has 0 spiro atoms. The molecule has 0 aliphatic heterocycles. The van der Waals surface area contributed by atoms with Gasteiger partial charge in [-0.2, -0.15) is 0 Å². The normalized spacial score (nSPS) is 10.7. The van der Waals surface area contributed by atoms with E-state index in [0.29, 0.717) is 23.7 Å². The molecule has 31 heavy (non-hydrogen) atoms. The molecule has 0 radical (unpaired) electrons. The number of aromatic nitrogens is 3. The summed E-state index contributed by atoms with van der Waals surface area (Å²) in [5.41, 5.74) is 1.62. The lowest BCUT2D eigenvalue weighted by Gasteiger charge is -2.07. The van der Waals surface area contributed by atoms with Crippen LogP contribution in [0.3, 0.4) is 0 Å². The lowest BCUT2D eigenvalue weighted by atomic mass is 10.1. The minimum atomic E-state index is -0.518. The number of nitrogens with one attached hydrogen (secondary N) is 3. The van der Waals surface area contributed by atoms with Crippen molar-refractivity contribution in [3.8, 4) is 11.3 Å². The maximum Gasteiger partial charge on any atom is 0.269 e. The number of hydrogen-bond acceptors (Lipinski definition) is 6. The van der Waals surface area contributed by atoms with Crippen LogP contribution in [0.4, 0.5) is 17.2 Å². The number of carbonyl (C=O) groups excluding carboxylic acids is 1. The molecule has 2 aromatic heterocycles. The van der Waals surface area contributed by atoms with Crippen LogP contribution in [-0.4, -0.2) is 32.0 Å². The summed E-state index contributed by atoms with van der Waals surface area (Å²) >= 11 is 0. The van der Waals surface area contributed by atoms with Gasteiger partial charge < -0.3 is 15.6 Å². The number of fused-ring (bicyclic) bond motifs is 1. The molecule has 10 heteroatoms. The van der Waals surface area contributed by atoms with Crippen LogP contribution in [0.15, 0.2) is 65.5 Å². The van der Waals surface area contributed by atoms with Crippen LogP contribution in [0.5, 0.6) is 0 Å². The summed E-state index contributed by atoms with van der Waals surface area (Å²) in [6.45, 7) is 2.37. The van der Waals surface area contributed by atoms with Crippen molar-refractivity contribution in [2.24, 2.45) is 0 Å². The fourth-order valence-corrected chi connectivity index (χ4v) is 3.23. The number of amides is 1. The molecule has 0 unspecified atom stereocenters. The van der Waals surface area contributed by atoms with Crippen LogP contribution in [0.2, 0.25) is 0 Å². The van der Waals surface area contributed by atoms with Crippen LogP contribution in [0.1, 0.15) is 17.3 Å². The smallest absolute Gasteiger partial charge is 0.269 e. The molecule has 0 saturated carbocycles. The van der Waals surface area contributed by atoms with E-state index >= 15 is 0 Å². The van der Waals surface area contributed by atoms with Gasteiger partial charge in [0.1, 0.15) is 5.56 Å². The number of benzene rings is 2. The van der Waals surface area contributed by atoms with Gasteiger partial charge in [0.25, 0.3) is 17.2 Å². The molecule has 0 fully saturated rings. The van der Waals surface area contributed by atoms with E-state index in [1.807, 2.05) is 37.3 Å². The highest BCUT2D eigenvalue weighted by atomic mass is 16.6. The summed E-state index contributed by atoms with van der Waals surface area (Å²) in [7, 11) is 0. The first-order chi connectivity index (χ1) is 15.0. The van der Waals surface area contributed by atoms with Gasteiger partial charge in [0.2, 0.25) is 0 Å². The molecule has 10 nitrogen and oxygen atoms in total. The molecule has 0 aliphatic carbocycles. The van der Waals surface area contributed by atoms with E-state index in [-0.39, 0.29) is 22.5 Å². The van der Waals surface area contributed by atoms with Crippen molar-refractivity contribution < 1.29 is 9.72 Å². The van der Waals surface area contributed by atoms with Gasteiger partial charge in [0.15, 0.2) is 11.5 Å². The Bertz CT molecular complexity index is 1330. The molecule has 2 aromatic carbocycles. The highest BCUT2D eigenvalue weighted by Crippen LogP contribution is 2.25. The second-order valence-electron chi connectivity index (χ2n) is 6.66. The zero-order chi connectivity index (χ0) is 22.0. The molecule has 4 rings (SSSR count). The summed E-state index contributed by atoms with van der Waals surface area (Å²) in [6.07, 6.45) is 0. The Balaban J connectivity index is 1.81. The molecule has 4 aromatic rings. The van der Waals surface area contributed by atoms with Gasteiger partial charge in [-0.15, -0.1) is 5.10 Å². The number of rotatable bonds is 6. The van der Waals surface area contributed by atoms with Crippen molar-refractivity contribution in [2.45, 2.75) is 6.92 Å². The number of nitrogens with zero attached hydrogens (tertiary/aromatic N) is 3. The van der Waals surface area contributed by atoms with Crippen LogP contribution < -0.4 is 16.2 Å². The third-order valence-electron chi connectivity index (χ3n) is 4.60. The maximum atomic E-state index is 13.1. The van der Waals surface area contributed by atoms with E-state index in [9.17, 15) is 19.7 Å². The third-order valence-corrected chi connectivity index (χ3v) is 4.60. The Morgan fingerprint density at radius 2 is 1.87 bits per heavy atom. The van der Waals surface area contributed by atoms with Crippen LogP contribution in [-0.2, 0) is 0 Å². The Morgan fingerprint density at radius 1 is 1.16 bits per heavy atom. The number of hydrogen-bond donors (Lipinski definition) is 3. The number of carbonyl (C=O) groups is 1. The number of H-pyrrole nitrogens is 1. The second kappa shape index (κ2) is 8.11. The van der Waals surface area contributed by atoms with Gasteiger partial charge in [-0.1, -0.05) is 30.3 Å². The minimum absolute atomic E-state index is 0.0841. The zero-order valence-electron chi connectivity index (χ0n) is 16.5. The third kappa shape index (κ3) is 3.86. The molecule has 1 amide bonds. The van der Waals surface area contributed by atoms with Gasteiger partial charge in [-0.05, 0) is 19.1 Å². The maximum absolute atomic E-state index is 13.1. The summed E-state index contributed by atoms with van der Waals surface area (Å²) in [4.78, 5) is 38.5. The van der Waals surface area contributed by atoms with E-state index in [0.717, 1.165) is 5.56 Å². The first kappa shape index (κ1) is 19.8. The molecule has 156 valence electrons. The lowest BCUT2D eigenvalue weighted by molar-refractivity contribution is -0.384. The predicted molar refractivity (Wildman–Crippen MR) is 116 cm³/mol. The van der Waals surface area contributed by atoms with E-state index in [2.05, 4.69) is 20.7 Å². The monoisotopic (exact) mass is 418 g/mol. The van der Waals surface area contributed by atoms with Crippen molar-refractivity contribution >= 4 is 28.7 Å². The van der Waals surface area contributed by atoms with Gasteiger partial charge in [-0.3, -0.25) is 19.7 Å². The standard InChI is InChI=1S/C21H18N6O4/c1-2-22-19-18(21(29)23-14-8-10-15(11-9-14)27(30)31)20-24-17(28)12-16(26(20)25-19)13-6-4-3-5-7-13/h3-12H,2H2,1H3,(H,22,25)(H,23,29)(H,24,28). The average Bonchev–Trinajstić information content (AvgIpc) is 3.12. The van der Waals surface area contributed by atoms with Crippen LogP contribution in [0.25, 0.3) is 16.9 Å². The molecular weight excluding hydrogens is 400 g/mol. The number of anilines is 2. The zero-order valence-corrected chi connectivity index (χ0v) is 16.5. The van der Waals surface area contributed by atoms with Crippen molar-refractivity contribution in [1.82, 2.24) is 14.6 Å². The summed E-state index contributed by atoms with van der Waals surface area (Å²) in [5, 5.41) is 21.1. The largest absolute Gasteiger partial charge is 0.368 e. The highest BCUT2D eigenvalue weighted by Gasteiger charge is 2.23.